The highest BCUT2D eigenvalue weighted by Crippen LogP contribution is 2.49. The van der Waals surface area contributed by atoms with Gasteiger partial charge in [-0.3, -0.25) is 4.90 Å². The van der Waals surface area contributed by atoms with Gasteiger partial charge in [0.1, 0.15) is 40.9 Å². The predicted molar refractivity (Wildman–Crippen MR) is 128 cm³/mol. The van der Waals surface area contributed by atoms with Crippen molar-refractivity contribution in [3.63, 3.8) is 0 Å². The summed E-state index contributed by atoms with van der Waals surface area (Å²) in [6.45, 7) is 4.97. The lowest BCUT2D eigenvalue weighted by Crippen LogP contribution is -2.43. The minimum absolute atomic E-state index is 0.261. The molecule has 0 aliphatic carbocycles. The molecular formula is C27H31N2O3+. The molecule has 3 aromatic carbocycles. The van der Waals surface area contributed by atoms with Gasteiger partial charge >= 0.3 is 0 Å². The Morgan fingerprint density at radius 1 is 0.781 bits per heavy atom. The number of quaternary nitrogens is 1. The number of hydrogen-bond acceptors (Lipinski definition) is 4. The summed E-state index contributed by atoms with van der Waals surface area (Å²) in [6, 6.07) is 21.6. The second-order valence-electron chi connectivity index (χ2n) is 8.86. The van der Waals surface area contributed by atoms with E-state index in [1.165, 1.54) is 31.6 Å². The number of aryl methyl sites for hydroxylation is 1. The van der Waals surface area contributed by atoms with Crippen molar-refractivity contribution in [3.05, 3.63) is 72.3 Å². The molecule has 0 bridgehead atoms. The fourth-order valence-electron chi connectivity index (χ4n) is 5.26. The topological polar surface area (TPSA) is 52.9 Å². The van der Waals surface area contributed by atoms with Crippen molar-refractivity contribution in [2.45, 2.75) is 25.7 Å². The first-order chi connectivity index (χ1) is 15.6. The van der Waals surface area contributed by atoms with Gasteiger partial charge in [0.2, 0.25) is 0 Å². The lowest BCUT2D eigenvalue weighted by atomic mass is 9.95. The molecule has 2 aliphatic heterocycles. The molecule has 5 heteroatoms. The molecule has 1 saturated heterocycles. The number of phenols is 2. The summed E-state index contributed by atoms with van der Waals surface area (Å²) in [6.07, 6.45) is 4.54. The molecular weight excluding hydrogens is 400 g/mol. The number of benzene rings is 3. The molecule has 5 rings (SSSR count). The molecule has 5 nitrogen and oxygen atoms in total. The average molecular weight is 432 g/mol. The van der Waals surface area contributed by atoms with Gasteiger partial charge in [0, 0.05) is 48.9 Å². The minimum Gasteiger partial charge on any atom is -0.508 e. The quantitative estimate of drug-likeness (QED) is 0.507. The van der Waals surface area contributed by atoms with E-state index in [0.717, 1.165) is 48.6 Å². The Balaban J connectivity index is 1.47. The van der Waals surface area contributed by atoms with Crippen LogP contribution in [0.15, 0.2) is 66.7 Å². The molecule has 2 aliphatic rings. The molecule has 1 fully saturated rings. The van der Waals surface area contributed by atoms with Crippen molar-refractivity contribution in [1.29, 1.82) is 0 Å². The van der Waals surface area contributed by atoms with Gasteiger partial charge in [-0.15, -0.1) is 0 Å². The molecule has 0 radical (unpaired) electrons. The summed E-state index contributed by atoms with van der Waals surface area (Å²) < 4.78 is 6.59. The first-order valence-corrected chi connectivity index (χ1v) is 11.6. The third-order valence-electron chi connectivity index (χ3n) is 6.86. The van der Waals surface area contributed by atoms with Gasteiger partial charge < -0.3 is 14.9 Å². The number of ether oxygens (including phenoxy) is 1. The van der Waals surface area contributed by atoms with Crippen LogP contribution in [0.4, 0.5) is 17.1 Å². The van der Waals surface area contributed by atoms with Crippen LogP contribution in [-0.2, 0) is 6.42 Å². The van der Waals surface area contributed by atoms with Crippen molar-refractivity contribution in [2.24, 2.45) is 0 Å². The fraction of sp³-hybridized carbons (Fsp3) is 0.333. The lowest BCUT2D eigenvalue weighted by Gasteiger charge is -2.41. The molecule has 3 aromatic rings. The Hall–Kier alpha value is -3.02. The van der Waals surface area contributed by atoms with Crippen molar-refractivity contribution >= 4 is 17.1 Å². The van der Waals surface area contributed by atoms with Crippen LogP contribution in [0.2, 0.25) is 0 Å². The lowest BCUT2D eigenvalue weighted by molar-refractivity contribution is 0.237. The van der Waals surface area contributed by atoms with E-state index in [-0.39, 0.29) is 5.75 Å². The van der Waals surface area contributed by atoms with Crippen molar-refractivity contribution in [3.8, 4) is 17.2 Å². The van der Waals surface area contributed by atoms with Gasteiger partial charge in [-0.1, -0.05) is 0 Å². The van der Waals surface area contributed by atoms with Crippen molar-refractivity contribution < 1.29 is 14.9 Å². The summed E-state index contributed by atoms with van der Waals surface area (Å²) in [5.74, 6) is 1.45. The zero-order valence-corrected chi connectivity index (χ0v) is 18.4. The van der Waals surface area contributed by atoms with Crippen LogP contribution in [0.5, 0.6) is 17.2 Å². The maximum atomic E-state index is 10.1. The summed E-state index contributed by atoms with van der Waals surface area (Å²) in [5, 5.41) is 20.0. The van der Waals surface area contributed by atoms with E-state index in [9.17, 15) is 10.2 Å². The SMILES string of the molecule is Oc1ccc([N+]2(c3ccc(OCCN4CCCC4)cc3)CCCc3cc(O)ccc32)cc1. The highest BCUT2D eigenvalue weighted by molar-refractivity contribution is 5.75. The van der Waals surface area contributed by atoms with E-state index < -0.39 is 0 Å². The smallest absolute Gasteiger partial charge is 0.146 e. The molecule has 166 valence electrons. The number of rotatable bonds is 6. The molecule has 1 unspecified atom stereocenters. The molecule has 1 atom stereocenters. The number of likely N-dealkylation sites (tertiary alicyclic amines) is 1. The van der Waals surface area contributed by atoms with Gasteiger partial charge in [0.25, 0.3) is 0 Å². The van der Waals surface area contributed by atoms with Gasteiger partial charge in [-0.25, -0.2) is 4.48 Å². The summed E-state index contributed by atoms with van der Waals surface area (Å²) in [5.41, 5.74) is 4.57. The van der Waals surface area contributed by atoms with Gasteiger partial charge in [0.05, 0.1) is 6.54 Å². The monoisotopic (exact) mass is 431 g/mol. The fourth-order valence-corrected chi connectivity index (χ4v) is 5.26. The van der Waals surface area contributed by atoms with E-state index in [4.69, 9.17) is 4.74 Å². The Kier molecular flexibility index (Phi) is 5.77. The zero-order valence-electron chi connectivity index (χ0n) is 18.4. The highest BCUT2D eigenvalue weighted by atomic mass is 16.5. The molecule has 0 amide bonds. The maximum absolute atomic E-state index is 10.1. The van der Waals surface area contributed by atoms with Crippen LogP contribution < -0.4 is 9.22 Å². The van der Waals surface area contributed by atoms with E-state index in [1.807, 2.05) is 24.3 Å². The van der Waals surface area contributed by atoms with Crippen LogP contribution in [0.25, 0.3) is 0 Å². The normalized spacial score (nSPS) is 20.8. The Morgan fingerprint density at radius 2 is 1.44 bits per heavy atom. The average Bonchev–Trinajstić information content (AvgIpc) is 3.33. The van der Waals surface area contributed by atoms with E-state index in [0.29, 0.717) is 16.8 Å². The van der Waals surface area contributed by atoms with E-state index in [2.05, 4.69) is 29.2 Å². The van der Waals surface area contributed by atoms with Crippen LogP contribution in [-0.4, -0.2) is 47.9 Å². The summed E-state index contributed by atoms with van der Waals surface area (Å²) in [4.78, 5) is 2.46. The zero-order chi connectivity index (χ0) is 22.0. The second-order valence-corrected chi connectivity index (χ2v) is 8.86. The Morgan fingerprint density at radius 3 is 2.16 bits per heavy atom. The molecule has 32 heavy (non-hydrogen) atoms. The standard InChI is InChI=1S/C27H30N2O3/c30-24-9-5-22(6-10-24)29(18-3-4-21-20-25(31)11-14-27(21)29)23-7-12-26(13-8-23)32-19-17-28-15-1-2-16-28/h5-14,20H,1-4,15-19H2,(H-,30,31)/p+1. The molecule has 0 spiro atoms. The highest BCUT2D eigenvalue weighted by Gasteiger charge is 2.40. The maximum Gasteiger partial charge on any atom is 0.146 e. The summed E-state index contributed by atoms with van der Waals surface area (Å²) in [7, 11) is 0. The van der Waals surface area contributed by atoms with Crippen molar-refractivity contribution in [1.82, 2.24) is 9.38 Å². The van der Waals surface area contributed by atoms with Gasteiger partial charge in [-0.05, 0) is 68.8 Å². The van der Waals surface area contributed by atoms with Gasteiger partial charge in [-0.2, -0.15) is 0 Å². The third kappa shape index (κ3) is 3.94. The summed E-state index contributed by atoms with van der Waals surface area (Å²) >= 11 is 0. The predicted octanol–water partition coefficient (Wildman–Crippen LogP) is 5.49. The number of nitrogens with zero attached hydrogens (tertiary/aromatic N) is 2. The Bertz CT molecular complexity index is 1060. The molecule has 0 aromatic heterocycles. The first kappa shape index (κ1) is 20.9. The van der Waals surface area contributed by atoms with E-state index >= 15 is 0 Å². The van der Waals surface area contributed by atoms with Crippen LogP contribution >= 0.6 is 0 Å². The second kappa shape index (κ2) is 8.85. The van der Waals surface area contributed by atoms with Crippen LogP contribution in [0.3, 0.4) is 0 Å². The molecule has 0 saturated carbocycles. The van der Waals surface area contributed by atoms with E-state index in [1.54, 1.807) is 18.2 Å². The molecule has 2 heterocycles. The Labute approximate surface area is 189 Å². The molecule has 2 N–H and O–H groups in total. The van der Waals surface area contributed by atoms with Gasteiger partial charge in [0.15, 0.2) is 0 Å². The number of hydrogen-bond donors (Lipinski definition) is 2. The number of fused-ring (bicyclic) bond motifs is 1. The van der Waals surface area contributed by atoms with Crippen LogP contribution in [0.1, 0.15) is 24.8 Å². The number of aromatic hydroxyl groups is 2. The minimum atomic E-state index is 0.261. The van der Waals surface area contributed by atoms with Crippen molar-refractivity contribution in [2.75, 3.05) is 32.8 Å². The first-order valence-electron chi connectivity index (χ1n) is 11.6. The van der Waals surface area contributed by atoms with Crippen LogP contribution in [0, 0.1) is 0 Å². The largest absolute Gasteiger partial charge is 0.508 e. The third-order valence-corrected chi connectivity index (χ3v) is 6.86. The number of phenolic OH excluding ortho intramolecular Hbond substituents is 2.